The Balaban J connectivity index is 1.92. The van der Waals surface area contributed by atoms with Crippen LogP contribution in [0.2, 0.25) is 10.0 Å². The third kappa shape index (κ3) is 2.32. The van der Waals surface area contributed by atoms with E-state index in [1.54, 1.807) is 12.1 Å². The van der Waals surface area contributed by atoms with E-state index < -0.39 is 0 Å². The minimum atomic E-state index is -0.369. The second kappa shape index (κ2) is 5.15. The summed E-state index contributed by atoms with van der Waals surface area (Å²) in [4.78, 5) is 0. The molecule has 1 aliphatic rings. The van der Waals surface area contributed by atoms with Crippen LogP contribution in [-0.4, -0.2) is 7.11 Å². The lowest BCUT2D eigenvalue weighted by molar-refractivity contribution is 0.386. The minimum absolute atomic E-state index is 0.0126. The molecule has 1 N–H and O–H groups in total. The number of nitrogens with one attached hydrogen (secondary N) is 1. The Morgan fingerprint density at radius 1 is 1.25 bits per heavy atom. The van der Waals surface area contributed by atoms with Crippen LogP contribution in [0.15, 0.2) is 30.3 Å². The van der Waals surface area contributed by atoms with Crippen molar-refractivity contribution in [3.8, 4) is 5.75 Å². The number of fused-ring (bicyclic) bond motifs is 1. The summed E-state index contributed by atoms with van der Waals surface area (Å²) in [6.45, 7) is 0. The van der Waals surface area contributed by atoms with E-state index >= 15 is 0 Å². The summed E-state index contributed by atoms with van der Waals surface area (Å²) in [5.41, 5.74) is 2.77. The first-order valence-corrected chi connectivity index (χ1v) is 6.92. The van der Waals surface area contributed by atoms with Gasteiger partial charge in [0.1, 0.15) is 0 Å². The highest BCUT2D eigenvalue weighted by molar-refractivity contribution is 6.35. The van der Waals surface area contributed by atoms with Gasteiger partial charge in [0.05, 0.1) is 13.2 Å². The number of anilines is 1. The van der Waals surface area contributed by atoms with Crippen LogP contribution in [0, 0.1) is 5.82 Å². The van der Waals surface area contributed by atoms with Gasteiger partial charge in [-0.15, -0.1) is 0 Å². The molecule has 1 heterocycles. The molecule has 0 radical (unpaired) electrons. The molecule has 1 unspecified atom stereocenters. The SMILES string of the molecule is COc1ccc(C2Cc3c(Cl)cc(Cl)cc3N2)cc1F. The fourth-order valence-electron chi connectivity index (χ4n) is 2.48. The third-order valence-electron chi connectivity index (χ3n) is 3.48. The molecule has 1 atom stereocenters. The van der Waals surface area contributed by atoms with E-state index in [2.05, 4.69) is 5.32 Å². The fraction of sp³-hybridized carbons (Fsp3) is 0.200. The Morgan fingerprint density at radius 3 is 2.75 bits per heavy atom. The van der Waals surface area contributed by atoms with E-state index in [1.165, 1.54) is 13.2 Å². The lowest BCUT2D eigenvalue weighted by atomic mass is 10.0. The van der Waals surface area contributed by atoms with E-state index in [9.17, 15) is 4.39 Å². The number of benzene rings is 2. The molecule has 0 saturated carbocycles. The molecule has 2 nitrogen and oxygen atoms in total. The fourth-order valence-corrected chi connectivity index (χ4v) is 3.05. The van der Waals surface area contributed by atoms with Gasteiger partial charge in [0.25, 0.3) is 0 Å². The first kappa shape index (κ1) is 13.5. The molecule has 0 aromatic heterocycles. The van der Waals surface area contributed by atoms with E-state index in [0.717, 1.165) is 16.8 Å². The Kier molecular flexibility index (Phi) is 3.48. The van der Waals surface area contributed by atoms with Gasteiger partial charge in [0, 0.05) is 22.2 Å². The molecular weight excluding hydrogens is 300 g/mol. The monoisotopic (exact) mass is 311 g/mol. The maximum absolute atomic E-state index is 13.8. The summed E-state index contributed by atoms with van der Waals surface area (Å²) in [5, 5.41) is 4.54. The number of halogens is 3. The predicted octanol–water partition coefficient (Wildman–Crippen LogP) is 4.85. The zero-order chi connectivity index (χ0) is 14.3. The van der Waals surface area contributed by atoms with Crippen molar-refractivity contribution in [3.05, 3.63) is 57.3 Å². The van der Waals surface area contributed by atoms with Gasteiger partial charge in [-0.1, -0.05) is 29.3 Å². The summed E-state index contributed by atoms with van der Waals surface area (Å²) in [7, 11) is 1.45. The van der Waals surface area contributed by atoms with Gasteiger partial charge >= 0.3 is 0 Å². The van der Waals surface area contributed by atoms with Crippen molar-refractivity contribution in [1.82, 2.24) is 0 Å². The number of hydrogen-bond donors (Lipinski definition) is 1. The summed E-state index contributed by atoms with van der Waals surface area (Å²) >= 11 is 12.2. The number of methoxy groups -OCH3 is 1. The van der Waals surface area contributed by atoms with Crippen LogP contribution in [0.25, 0.3) is 0 Å². The predicted molar refractivity (Wildman–Crippen MR) is 79.5 cm³/mol. The molecule has 2 aromatic rings. The van der Waals surface area contributed by atoms with Crippen molar-refractivity contribution in [2.45, 2.75) is 12.5 Å². The largest absolute Gasteiger partial charge is 0.494 e. The van der Waals surface area contributed by atoms with E-state index in [4.69, 9.17) is 27.9 Å². The van der Waals surface area contributed by atoms with Gasteiger partial charge in [0.15, 0.2) is 11.6 Å². The second-order valence-electron chi connectivity index (χ2n) is 4.71. The molecule has 1 aliphatic heterocycles. The van der Waals surface area contributed by atoms with E-state index in [1.807, 2.05) is 12.1 Å². The van der Waals surface area contributed by atoms with E-state index in [0.29, 0.717) is 16.5 Å². The van der Waals surface area contributed by atoms with Gasteiger partial charge in [-0.2, -0.15) is 0 Å². The lowest BCUT2D eigenvalue weighted by Gasteiger charge is -2.13. The van der Waals surface area contributed by atoms with Crippen molar-refractivity contribution in [1.29, 1.82) is 0 Å². The first-order valence-electron chi connectivity index (χ1n) is 6.16. The molecule has 0 bridgehead atoms. The topological polar surface area (TPSA) is 21.3 Å². The summed E-state index contributed by atoms with van der Waals surface area (Å²) in [6, 6.07) is 8.51. The Morgan fingerprint density at radius 2 is 2.05 bits per heavy atom. The Hall–Kier alpha value is -1.45. The maximum atomic E-state index is 13.8. The van der Waals surface area contributed by atoms with Gasteiger partial charge < -0.3 is 10.1 Å². The zero-order valence-electron chi connectivity index (χ0n) is 10.7. The van der Waals surface area contributed by atoms with Crippen molar-refractivity contribution in [3.63, 3.8) is 0 Å². The molecule has 5 heteroatoms. The van der Waals surface area contributed by atoms with Gasteiger partial charge in [-0.25, -0.2) is 4.39 Å². The van der Waals surface area contributed by atoms with Crippen LogP contribution >= 0.6 is 23.2 Å². The highest BCUT2D eigenvalue weighted by Gasteiger charge is 2.25. The normalized spacial score (nSPS) is 16.7. The number of hydrogen-bond acceptors (Lipinski definition) is 2. The second-order valence-corrected chi connectivity index (χ2v) is 5.55. The maximum Gasteiger partial charge on any atom is 0.165 e. The average Bonchev–Trinajstić information content (AvgIpc) is 2.82. The molecule has 0 fully saturated rings. The van der Waals surface area contributed by atoms with Crippen LogP contribution in [0.3, 0.4) is 0 Å². The third-order valence-corrected chi connectivity index (χ3v) is 4.03. The smallest absolute Gasteiger partial charge is 0.165 e. The molecule has 0 aliphatic carbocycles. The average molecular weight is 312 g/mol. The van der Waals surface area contributed by atoms with Crippen LogP contribution in [-0.2, 0) is 6.42 Å². The van der Waals surface area contributed by atoms with E-state index in [-0.39, 0.29) is 17.6 Å². The molecular formula is C15H12Cl2FNO. The van der Waals surface area contributed by atoms with Crippen LogP contribution in [0.1, 0.15) is 17.2 Å². The molecule has 3 rings (SSSR count). The van der Waals surface area contributed by atoms with Gasteiger partial charge in [-0.3, -0.25) is 0 Å². The first-order chi connectivity index (χ1) is 9.58. The standard InChI is InChI=1S/C15H12Cl2FNO/c1-20-15-3-2-8(4-12(15)18)13-7-10-11(17)5-9(16)6-14(10)19-13/h2-6,13,19H,7H2,1H3. The highest BCUT2D eigenvalue weighted by Crippen LogP contribution is 2.40. The quantitative estimate of drug-likeness (QED) is 0.856. The highest BCUT2D eigenvalue weighted by atomic mass is 35.5. The number of rotatable bonds is 2. The van der Waals surface area contributed by atoms with Gasteiger partial charge in [0.2, 0.25) is 0 Å². The summed E-state index contributed by atoms with van der Waals surface area (Å²) in [6.07, 6.45) is 0.705. The van der Waals surface area contributed by atoms with Gasteiger partial charge in [-0.05, 0) is 35.4 Å². The Labute approximate surface area is 126 Å². The molecule has 0 saturated heterocycles. The molecule has 0 amide bonds. The zero-order valence-corrected chi connectivity index (χ0v) is 12.2. The molecule has 20 heavy (non-hydrogen) atoms. The number of ether oxygens (including phenoxy) is 1. The summed E-state index contributed by atoms with van der Waals surface area (Å²) < 4.78 is 18.7. The molecule has 0 spiro atoms. The van der Waals surface area contributed by atoms with Crippen molar-refractivity contribution < 1.29 is 9.13 Å². The summed E-state index contributed by atoms with van der Waals surface area (Å²) in [5.74, 6) is -0.128. The van der Waals surface area contributed by atoms with Crippen molar-refractivity contribution in [2.75, 3.05) is 12.4 Å². The Bertz CT molecular complexity index is 675. The molecule has 2 aromatic carbocycles. The van der Waals surface area contributed by atoms with Crippen LogP contribution < -0.4 is 10.1 Å². The van der Waals surface area contributed by atoms with Crippen LogP contribution in [0.5, 0.6) is 5.75 Å². The lowest BCUT2D eigenvalue weighted by Crippen LogP contribution is -2.06. The van der Waals surface area contributed by atoms with Crippen molar-refractivity contribution in [2.24, 2.45) is 0 Å². The molecule has 104 valence electrons. The van der Waals surface area contributed by atoms with Crippen LogP contribution in [0.4, 0.5) is 10.1 Å². The minimum Gasteiger partial charge on any atom is -0.494 e. The van der Waals surface area contributed by atoms with Crippen molar-refractivity contribution >= 4 is 28.9 Å².